The van der Waals surface area contributed by atoms with Crippen LogP contribution in [0.4, 0.5) is 5.69 Å². The van der Waals surface area contributed by atoms with Gasteiger partial charge in [0.05, 0.1) is 24.0 Å². The quantitative estimate of drug-likeness (QED) is 0.480. The van der Waals surface area contributed by atoms with Crippen molar-refractivity contribution in [2.45, 2.75) is 17.7 Å². The van der Waals surface area contributed by atoms with Gasteiger partial charge < -0.3 is 9.64 Å². The number of nitrogens with zero attached hydrogens (tertiary/aromatic N) is 2. The van der Waals surface area contributed by atoms with E-state index in [2.05, 4.69) is 4.99 Å². The highest BCUT2D eigenvalue weighted by molar-refractivity contribution is 8.16. The summed E-state index contributed by atoms with van der Waals surface area (Å²) in [5.74, 6) is 1.22. The molecule has 9 heteroatoms. The van der Waals surface area contributed by atoms with Crippen LogP contribution in [0.15, 0.2) is 83.9 Å². The number of sulfone groups is 1. The average Bonchev–Trinajstić information content (AvgIpc) is 3.27. The summed E-state index contributed by atoms with van der Waals surface area (Å²) in [5, 5.41) is 0.974. The van der Waals surface area contributed by atoms with Crippen LogP contribution in [0.3, 0.4) is 0 Å². The molecule has 0 bridgehead atoms. The Balaban J connectivity index is 1.40. The van der Waals surface area contributed by atoms with Gasteiger partial charge in [-0.1, -0.05) is 53.7 Å². The van der Waals surface area contributed by atoms with E-state index in [1.54, 1.807) is 24.3 Å². The van der Waals surface area contributed by atoms with Crippen molar-refractivity contribution in [3.63, 3.8) is 0 Å². The predicted molar refractivity (Wildman–Crippen MR) is 137 cm³/mol. The van der Waals surface area contributed by atoms with Crippen molar-refractivity contribution < 1.29 is 17.9 Å². The highest BCUT2D eigenvalue weighted by atomic mass is 35.5. The fraction of sp³-hybridized carbons (Fsp3) is 0.200. The van der Waals surface area contributed by atoms with Gasteiger partial charge in [-0.25, -0.2) is 8.42 Å². The second kappa shape index (κ2) is 9.44. The third kappa shape index (κ3) is 5.14. The van der Waals surface area contributed by atoms with Crippen molar-refractivity contribution in [3.8, 4) is 11.5 Å². The molecule has 2 heterocycles. The molecule has 2 saturated heterocycles. The molecule has 34 heavy (non-hydrogen) atoms. The van der Waals surface area contributed by atoms with E-state index in [9.17, 15) is 13.2 Å². The molecule has 2 fully saturated rings. The van der Waals surface area contributed by atoms with E-state index in [1.807, 2.05) is 59.5 Å². The standard InChI is InChI=1S/C25H21ClN2O4S2/c26-18-8-6-17(7-9-18)14-24(29)27-25-28(22-15-34(30,31)16-23(22)33-25)19-10-12-21(13-11-19)32-20-4-2-1-3-5-20/h1-13,22-23H,14-16H2/t22-,23-/m1/s1. The van der Waals surface area contributed by atoms with Crippen molar-refractivity contribution >= 4 is 50.0 Å². The summed E-state index contributed by atoms with van der Waals surface area (Å²) in [7, 11) is -3.14. The second-order valence-electron chi connectivity index (χ2n) is 8.17. The maximum absolute atomic E-state index is 12.7. The normalized spacial score (nSPS) is 22.0. The van der Waals surface area contributed by atoms with Crippen LogP contribution in [0.2, 0.25) is 5.02 Å². The topological polar surface area (TPSA) is 76.0 Å². The number of ether oxygens (including phenoxy) is 1. The van der Waals surface area contributed by atoms with E-state index in [1.165, 1.54) is 11.8 Å². The predicted octanol–water partition coefficient (Wildman–Crippen LogP) is 4.98. The summed E-state index contributed by atoms with van der Waals surface area (Å²) in [6, 6.07) is 23.7. The third-order valence-electron chi connectivity index (χ3n) is 5.65. The fourth-order valence-corrected chi connectivity index (χ4v) is 8.15. The lowest BCUT2D eigenvalue weighted by Gasteiger charge is -2.24. The smallest absolute Gasteiger partial charge is 0.252 e. The van der Waals surface area contributed by atoms with Crippen molar-refractivity contribution in [1.82, 2.24) is 0 Å². The number of carbonyl (C=O) groups excluding carboxylic acids is 1. The Labute approximate surface area is 207 Å². The molecular formula is C25H21ClN2O4S2. The highest BCUT2D eigenvalue weighted by Gasteiger charge is 2.49. The molecule has 0 radical (unpaired) electrons. The van der Waals surface area contributed by atoms with Gasteiger partial charge in [0.2, 0.25) is 0 Å². The van der Waals surface area contributed by atoms with E-state index in [0.717, 1.165) is 17.0 Å². The molecule has 0 saturated carbocycles. The SMILES string of the molecule is O=C(Cc1ccc(Cl)cc1)N=C1S[C@@H]2CS(=O)(=O)C[C@H]2N1c1ccc(Oc2ccccc2)cc1. The van der Waals surface area contributed by atoms with Gasteiger partial charge >= 0.3 is 0 Å². The zero-order valence-corrected chi connectivity index (χ0v) is 20.4. The van der Waals surface area contributed by atoms with Gasteiger partial charge in [-0.3, -0.25) is 4.79 Å². The van der Waals surface area contributed by atoms with Gasteiger partial charge in [-0.2, -0.15) is 4.99 Å². The van der Waals surface area contributed by atoms with Crippen molar-refractivity contribution in [3.05, 3.63) is 89.4 Å². The van der Waals surface area contributed by atoms with E-state index in [4.69, 9.17) is 16.3 Å². The van der Waals surface area contributed by atoms with Crippen LogP contribution in [0.1, 0.15) is 5.56 Å². The lowest BCUT2D eigenvalue weighted by atomic mass is 10.1. The maximum atomic E-state index is 12.7. The number of para-hydroxylation sites is 1. The molecule has 5 rings (SSSR count). The molecule has 0 aromatic heterocycles. The van der Waals surface area contributed by atoms with Gasteiger partial charge in [-0.15, -0.1) is 0 Å². The molecule has 0 spiro atoms. The van der Waals surface area contributed by atoms with Gasteiger partial charge in [0, 0.05) is 16.0 Å². The number of anilines is 1. The number of amidine groups is 1. The van der Waals surface area contributed by atoms with E-state index >= 15 is 0 Å². The summed E-state index contributed by atoms with van der Waals surface area (Å²) in [6.45, 7) is 0. The minimum absolute atomic E-state index is 0.0390. The Morgan fingerprint density at radius 1 is 0.971 bits per heavy atom. The lowest BCUT2D eigenvalue weighted by Crippen LogP contribution is -2.37. The number of fused-ring (bicyclic) bond motifs is 1. The number of thioether (sulfide) groups is 1. The molecule has 0 aliphatic carbocycles. The fourth-order valence-electron chi connectivity index (χ4n) is 4.09. The summed E-state index contributed by atoms with van der Waals surface area (Å²) in [5.41, 5.74) is 1.59. The first kappa shape index (κ1) is 23.0. The lowest BCUT2D eigenvalue weighted by molar-refractivity contribution is -0.117. The molecule has 174 valence electrons. The highest BCUT2D eigenvalue weighted by Crippen LogP contribution is 2.41. The van der Waals surface area contributed by atoms with E-state index in [-0.39, 0.29) is 35.1 Å². The number of halogens is 1. The molecular weight excluding hydrogens is 492 g/mol. The van der Waals surface area contributed by atoms with Gasteiger partial charge in [-0.05, 0) is 54.1 Å². The summed E-state index contributed by atoms with van der Waals surface area (Å²) in [6.07, 6.45) is 0.145. The van der Waals surface area contributed by atoms with Gasteiger partial charge in [0.25, 0.3) is 5.91 Å². The Morgan fingerprint density at radius 3 is 2.35 bits per heavy atom. The Bertz CT molecular complexity index is 1330. The van der Waals surface area contributed by atoms with Crippen LogP contribution in [0, 0.1) is 0 Å². The number of hydrogen-bond donors (Lipinski definition) is 0. The molecule has 2 aliphatic rings. The van der Waals surface area contributed by atoms with Gasteiger partial charge in [0.1, 0.15) is 11.5 Å². The first-order chi connectivity index (χ1) is 16.4. The van der Waals surface area contributed by atoms with Gasteiger partial charge in [0.15, 0.2) is 15.0 Å². The molecule has 6 nitrogen and oxygen atoms in total. The molecule has 3 aromatic rings. The minimum Gasteiger partial charge on any atom is -0.457 e. The number of benzene rings is 3. The molecule has 0 N–H and O–H groups in total. The number of hydrogen-bond acceptors (Lipinski definition) is 5. The Hall–Kier alpha value is -2.81. The molecule has 2 atom stereocenters. The zero-order valence-electron chi connectivity index (χ0n) is 18.0. The third-order valence-corrected chi connectivity index (χ3v) is 9.11. The van der Waals surface area contributed by atoms with Crippen molar-refractivity contribution in [1.29, 1.82) is 0 Å². The largest absolute Gasteiger partial charge is 0.457 e. The van der Waals surface area contributed by atoms with Crippen molar-refractivity contribution in [2.24, 2.45) is 4.99 Å². The molecule has 2 aliphatic heterocycles. The van der Waals surface area contributed by atoms with Crippen molar-refractivity contribution in [2.75, 3.05) is 16.4 Å². The molecule has 3 aromatic carbocycles. The number of aliphatic imine (C=N–C) groups is 1. The number of amides is 1. The van der Waals surface area contributed by atoms with Crippen LogP contribution in [-0.2, 0) is 21.1 Å². The summed E-state index contributed by atoms with van der Waals surface area (Å²) in [4.78, 5) is 19.0. The monoisotopic (exact) mass is 512 g/mol. The average molecular weight is 513 g/mol. The number of carbonyl (C=O) groups is 1. The first-order valence-electron chi connectivity index (χ1n) is 10.7. The maximum Gasteiger partial charge on any atom is 0.252 e. The molecule has 1 amide bonds. The summed E-state index contributed by atoms with van der Waals surface area (Å²) >= 11 is 7.28. The van der Waals surface area contributed by atoms with E-state index < -0.39 is 9.84 Å². The minimum atomic E-state index is -3.14. The van der Waals surface area contributed by atoms with Crippen LogP contribution >= 0.6 is 23.4 Å². The van der Waals surface area contributed by atoms with Crippen LogP contribution in [0.25, 0.3) is 0 Å². The Morgan fingerprint density at radius 2 is 1.65 bits per heavy atom. The Kier molecular flexibility index (Phi) is 6.38. The van der Waals surface area contributed by atoms with Crippen LogP contribution < -0.4 is 9.64 Å². The number of rotatable bonds is 5. The molecule has 0 unspecified atom stereocenters. The summed E-state index contributed by atoms with van der Waals surface area (Å²) < 4.78 is 30.5. The van der Waals surface area contributed by atoms with E-state index in [0.29, 0.717) is 15.9 Å². The first-order valence-corrected chi connectivity index (χ1v) is 13.8. The second-order valence-corrected chi connectivity index (χ2v) is 12.0. The van der Waals surface area contributed by atoms with Crippen LogP contribution in [-0.4, -0.2) is 42.3 Å². The van der Waals surface area contributed by atoms with Crippen LogP contribution in [0.5, 0.6) is 11.5 Å². The zero-order chi connectivity index (χ0) is 23.7.